The van der Waals surface area contributed by atoms with E-state index in [9.17, 15) is 4.79 Å². The fourth-order valence-electron chi connectivity index (χ4n) is 1.97. The first kappa shape index (κ1) is 14.9. The molecular formula is C13H18N6O2. The van der Waals surface area contributed by atoms with Crippen LogP contribution in [0.2, 0.25) is 0 Å². The van der Waals surface area contributed by atoms with Gasteiger partial charge in [0.2, 0.25) is 0 Å². The molecule has 0 aliphatic rings. The molecule has 1 unspecified atom stereocenters. The average molecular weight is 290 g/mol. The van der Waals surface area contributed by atoms with Gasteiger partial charge in [0.1, 0.15) is 5.75 Å². The molecule has 1 atom stereocenters. The van der Waals surface area contributed by atoms with Gasteiger partial charge in [0.15, 0.2) is 0 Å². The van der Waals surface area contributed by atoms with Crippen molar-refractivity contribution in [1.82, 2.24) is 30.8 Å². The topological polar surface area (TPSA) is 96.0 Å². The van der Waals surface area contributed by atoms with E-state index in [2.05, 4.69) is 25.9 Å². The van der Waals surface area contributed by atoms with Gasteiger partial charge >= 0.3 is 0 Å². The molecule has 1 aromatic heterocycles. The molecule has 0 spiro atoms. The number of ether oxygens (including phenoxy) is 1. The molecule has 2 N–H and O–H groups in total. The number of aromatic amines is 1. The number of nitrogens with zero attached hydrogens (tertiary/aromatic N) is 4. The van der Waals surface area contributed by atoms with E-state index in [0.29, 0.717) is 6.54 Å². The summed E-state index contributed by atoms with van der Waals surface area (Å²) in [5.74, 6) is 0.445. The molecule has 0 fully saturated rings. The van der Waals surface area contributed by atoms with E-state index in [4.69, 9.17) is 4.74 Å². The number of rotatable bonds is 6. The van der Waals surface area contributed by atoms with Crippen LogP contribution in [-0.4, -0.2) is 59.2 Å². The summed E-state index contributed by atoms with van der Waals surface area (Å²) in [5, 5.41) is 15.7. The number of H-pyrrole nitrogens is 1. The molecule has 2 rings (SSSR count). The Morgan fingerprint density at radius 1 is 1.48 bits per heavy atom. The molecule has 1 heterocycles. The van der Waals surface area contributed by atoms with Crippen LogP contribution in [0.3, 0.4) is 0 Å². The fourth-order valence-corrected chi connectivity index (χ4v) is 1.97. The highest BCUT2D eigenvalue weighted by atomic mass is 16.5. The van der Waals surface area contributed by atoms with Crippen molar-refractivity contribution in [2.75, 3.05) is 27.7 Å². The van der Waals surface area contributed by atoms with E-state index in [1.54, 1.807) is 7.11 Å². The molecule has 1 aromatic carbocycles. The first-order valence-electron chi connectivity index (χ1n) is 6.44. The van der Waals surface area contributed by atoms with Gasteiger partial charge < -0.3 is 15.0 Å². The molecule has 1 amide bonds. The second-order valence-electron chi connectivity index (χ2n) is 4.70. The van der Waals surface area contributed by atoms with Crippen LogP contribution in [0.25, 0.3) is 0 Å². The number of benzene rings is 1. The Kier molecular flexibility index (Phi) is 4.83. The molecule has 112 valence electrons. The lowest BCUT2D eigenvalue weighted by atomic mass is 10.1. The van der Waals surface area contributed by atoms with Crippen molar-refractivity contribution in [1.29, 1.82) is 0 Å². The third-order valence-electron chi connectivity index (χ3n) is 3.11. The number of tetrazole rings is 1. The van der Waals surface area contributed by atoms with Gasteiger partial charge in [-0.1, -0.05) is 12.1 Å². The SMILES string of the molecule is COc1cccc(C(CNC(=O)c2nn[nH]n2)N(C)C)c1. The molecule has 0 bridgehead atoms. The number of amides is 1. The molecule has 0 saturated heterocycles. The van der Waals surface area contributed by atoms with Gasteiger partial charge in [0.05, 0.1) is 13.2 Å². The quantitative estimate of drug-likeness (QED) is 0.791. The summed E-state index contributed by atoms with van der Waals surface area (Å²) in [5.41, 5.74) is 1.05. The summed E-state index contributed by atoms with van der Waals surface area (Å²) < 4.78 is 5.23. The van der Waals surface area contributed by atoms with Crippen LogP contribution in [-0.2, 0) is 0 Å². The zero-order valence-corrected chi connectivity index (χ0v) is 12.2. The molecule has 8 nitrogen and oxygen atoms in total. The number of hydrogen-bond acceptors (Lipinski definition) is 6. The number of hydrogen-bond donors (Lipinski definition) is 2. The highest BCUT2D eigenvalue weighted by Crippen LogP contribution is 2.22. The Balaban J connectivity index is 2.07. The maximum Gasteiger partial charge on any atom is 0.292 e. The van der Waals surface area contributed by atoms with Crippen LogP contribution in [0.5, 0.6) is 5.75 Å². The second-order valence-corrected chi connectivity index (χ2v) is 4.70. The molecular weight excluding hydrogens is 272 g/mol. The first-order valence-corrected chi connectivity index (χ1v) is 6.44. The number of likely N-dealkylation sites (N-methyl/N-ethyl adjacent to an activating group) is 1. The molecule has 21 heavy (non-hydrogen) atoms. The monoisotopic (exact) mass is 290 g/mol. The number of carbonyl (C=O) groups excluding carboxylic acids is 1. The van der Waals surface area contributed by atoms with Crippen LogP contribution in [0.15, 0.2) is 24.3 Å². The summed E-state index contributed by atoms with van der Waals surface area (Å²) in [6.45, 7) is 0.424. The Morgan fingerprint density at radius 2 is 2.29 bits per heavy atom. The Morgan fingerprint density at radius 3 is 2.90 bits per heavy atom. The maximum atomic E-state index is 11.8. The van der Waals surface area contributed by atoms with Crippen molar-refractivity contribution >= 4 is 5.91 Å². The van der Waals surface area contributed by atoms with Gasteiger partial charge in [-0.3, -0.25) is 4.79 Å². The fraction of sp³-hybridized carbons (Fsp3) is 0.385. The van der Waals surface area contributed by atoms with Gasteiger partial charge in [-0.15, -0.1) is 10.2 Å². The summed E-state index contributed by atoms with van der Waals surface area (Å²) in [4.78, 5) is 13.9. The molecule has 2 aromatic rings. The van der Waals surface area contributed by atoms with Gasteiger partial charge in [-0.2, -0.15) is 5.21 Å². The predicted octanol–water partition coefficient (Wildman–Crippen LogP) is 0.241. The number of methoxy groups -OCH3 is 1. The Hall–Kier alpha value is -2.48. The summed E-state index contributed by atoms with van der Waals surface area (Å²) >= 11 is 0. The zero-order chi connectivity index (χ0) is 15.2. The molecule has 0 radical (unpaired) electrons. The minimum absolute atomic E-state index is 0.0101. The third kappa shape index (κ3) is 3.76. The lowest BCUT2D eigenvalue weighted by Gasteiger charge is -2.25. The Labute approximate surface area is 122 Å². The van der Waals surface area contributed by atoms with Gasteiger partial charge in [-0.25, -0.2) is 0 Å². The van der Waals surface area contributed by atoms with E-state index >= 15 is 0 Å². The average Bonchev–Trinajstić information content (AvgIpc) is 3.01. The van der Waals surface area contributed by atoms with Crippen molar-refractivity contribution in [3.8, 4) is 5.75 Å². The van der Waals surface area contributed by atoms with Crippen molar-refractivity contribution in [2.24, 2.45) is 0 Å². The number of aromatic nitrogens is 4. The van der Waals surface area contributed by atoms with E-state index < -0.39 is 0 Å². The largest absolute Gasteiger partial charge is 0.497 e. The summed E-state index contributed by atoms with van der Waals surface area (Å²) in [7, 11) is 5.52. The highest BCUT2D eigenvalue weighted by Gasteiger charge is 2.18. The van der Waals surface area contributed by atoms with Crippen molar-refractivity contribution in [3.63, 3.8) is 0 Å². The molecule has 0 aliphatic heterocycles. The van der Waals surface area contributed by atoms with E-state index in [0.717, 1.165) is 11.3 Å². The third-order valence-corrected chi connectivity index (χ3v) is 3.11. The maximum absolute atomic E-state index is 11.8. The standard InChI is InChI=1S/C13H18N6O2/c1-19(2)11(9-5-4-6-10(7-9)21-3)8-14-13(20)12-15-17-18-16-12/h4-7,11H,8H2,1-3H3,(H,14,20)(H,15,16,17,18). The minimum atomic E-state index is -0.363. The molecule has 0 saturated carbocycles. The van der Waals surface area contributed by atoms with Crippen LogP contribution < -0.4 is 10.1 Å². The minimum Gasteiger partial charge on any atom is -0.497 e. The van der Waals surface area contributed by atoms with E-state index in [1.165, 1.54) is 0 Å². The highest BCUT2D eigenvalue weighted by molar-refractivity contribution is 5.90. The lowest BCUT2D eigenvalue weighted by molar-refractivity contribution is 0.0931. The summed E-state index contributed by atoms with van der Waals surface area (Å²) in [6.07, 6.45) is 0. The van der Waals surface area contributed by atoms with Crippen LogP contribution >= 0.6 is 0 Å². The summed E-state index contributed by atoms with van der Waals surface area (Å²) in [6, 6.07) is 7.76. The van der Waals surface area contributed by atoms with Gasteiger partial charge in [0.25, 0.3) is 11.7 Å². The van der Waals surface area contributed by atoms with Crippen LogP contribution in [0, 0.1) is 0 Å². The van der Waals surface area contributed by atoms with Gasteiger partial charge in [0, 0.05) is 6.54 Å². The predicted molar refractivity (Wildman–Crippen MR) is 75.9 cm³/mol. The normalized spacial score (nSPS) is 12.2. The number of carbonyl (C=O) groups is 1. The van der Waals surface area contributed by atoms with Crippen molar-refractivity contribution < 1.29 is 9.53 Å². The van der Waals surface area contributed by atoms with Crippen LogP contribution in [0.4, 0.5) is 0 Å². The molecule has 8 heteroatoms. The second kappa shape index (κ2) is 6.80. The number of nitrogens with one attached hydrogen (secondary N) is 2. The zero-order valence-electron chi connectivity index (χ0n) is 12.2. The molecule has 0 aliphatic carbocycles. The van der Waals surface area contributed by atoms with Crippen molar-refractivity contribution in [2.45, 2.75) is 6.04 Å². The first-order chi connectivity index (χ1) is 10.1. The van der Waals surface area contributed by atoms with E-state index in [-0.39, 0.29) is 17.8 Å². The smallest absolute Gasteiger partial charge is 0.292 e. The van der Waals surface area contributed by atoms with Crippen molar-refractivity contribution in [3.05, 3.63) is 35.7 Å². The van der Waals surface area contributed by atoms with Crippen LogP contribution in [0.1, 0.15) is 22.2 Å². The lowest BCUT2D eigenvalue weighted by Crippen LogP contribution is -2.35. The van der Waals surface area contributed by atoms with E-state index in [1.807, 2.05) is 43.3 Å². The van der Waals surface area contributed by atoms with Gasteiger partial charge in [-0.05, 0) is 37.0 Å². The Bertz CT molecular complexity index is 584.